The first-order valence-electron chi connectivity index (χ1n) is 9.38. The largest absolute Gasteiger partial charge is 0.453 e. The number of nitrogens with one attached hydrogen (secondary N) is 3. The zero-order valence-corrected chi connectivity index (χ0v) is 16.3. The first-order chi connectivity index (χ1) is 14.1. The van der Waals surface area contributed by atoms with Gasteiger partial charge in [-0.1, -0.05) is 0 Å². The van der Waals surface area contributed by atoms with E-state index in [-0.39, 0.29) is 6.03 Å². The molecular formula is C19H25N7O3. The van der Waals surface area contributed by atoms with Gasteiger partial charge in [0.1, 0.15) is 0 Å². The van der Waals surface area contributed by atoms with Gasteiger partial charge in [-0.3, -0.25) is 10.2 Å². The molecule has 1 saturated heterocycles. The molecule has 0 spiro atoms. The lowest BCUT2D eigenvalue weighted by molar-refractivity contribution is 0.187. The molecule has 0 aliphatic carbocycles. The molecule has 1 aromatic heterocycles. The highest BCUT2D eigenvalue weighted by atomic mass is 16.5. The van der Waals surface area contributed by atoms with Crippen molar-refractivity contribution in [2.24, 2.45) is 0 Å². The van der Waals surface area contributed by atoms with Crippen LogP contribution in [0.25, 0.3) is 0 Å². The van der Waals surface area contributed by atoms with Crippen LogP contribution in [-0.4, -0.2) is 73.4 Å². The summed E-state index contributed by atoms with van der Waals surface area (Å²) in [7, 11) is 1.30. The minimum Gasteiger partial charge on any atom is -0.453 e. The van der Waals surface area contributed by atoms with Crippen LogP contribution in [0.1, 0.15) is 0 Å². The highest BCUT2D eigenvalue weighted by Crippen LogP contribution is 2.13. The van der Waals surface area contributed by atoms with Crippen LogP contribution < -0.4 is 20.9 Å². The van der Waals surface area contributed by atoms with Crippen molar-refractivity contribution in [2.75, 3.05) is 61.9 Å². The molecule has 1 aliphatic heterocycles. The Kier molecular flexibility index (Phi) is 7.17. The van der Waals surface area contributed by atoms with Crippen LogP contribution in [0.4, 0.5) is 26.9 Å². The molecular weight excluding hydrogens is 374 g/mol. The zero-order chi connectivity index (χ0) is 20.5. The van der Waals surface area contributed by atoms with E-state index in [4.69, 9.17) is 0 Å². The molecule has 2 heterocycles. The molecule has 0 bridgehead atoms. The Balaban J connectivity index is 1.33. The third kappa shape index (κ3) is 6.32. The van der Waals surface area contributed by atoms with E-state index in [2.05, 4.69) is 40.5 Å². The fourth-order valence-corrected chi connectivity index (χ4v) is 2.93. The van der Waals surface area contributed by atoms with E-state index in [1.165, 1.54) is 7.11 Å². The highest BCUT2D eigenvalue weighted by Gasteiger charge is 2.18. The van der Waals surface area contributed by atoms with Gasteiger partial charge in [0.15, 0.2) is 0 Å². The van der Waals surface area contributed by atoms with E-state index in [0.717, 1.165) is 38.7 Å². The van der Waals surface area contributed by atoms with Crippen LogP contribution in [0.2, 0.25) is 0 Å². The SMILES string of the molecule is COC(=O)Nc1ccc(NC(=O)NCCN2CCN(c3ncccn3)CC2)cc1. The van der Waals surface area contributed by atoms with Gasteiger partial charge in [-0.2, -0.15) is 0 Å². The summed E-state index contributed by atoms with van der Waals surface area (Å²) in [6.07, 6.45) is 2.96. The summed E-state index contributed by atoms with van der Waals surface area (Å²) >= 11 is 0. The molecule has 10 nitrogen and oxygen atoms in total. The molecule has 3 N–H and O–H groups in total. The van der Waals surface area contributed by atoms with E-state index in [0.29, 0.717) is 17.9 Å². The van der Waals surface area contributed by atoms with Gasteiger partial charge in [-0.15, -0.1) is 0 Å². The average molecular weight is 399 g/mol. The monoisotopic (exact) mass is 399 g/mol. The number of ether oxygens (including phenoxy) is 1. The van der Waals surface area contributed by atoms with Gasteiger partial charge < -0.3 is 20.3 Å². The summed E-state index contributed by atoms with van der Waals surface area (Å²) in [5.41, 5.74) is 1.22. The quantitative estimate of drug-likeness (QED) is 0.676. The predicted molar refractivity (Wildman–Crippen MR) is 110 cm³/mol. The van der Waals surface area contributed by atoms with E-state index < -0.39 is 6.09 Å². The lowest BCUT2D eigenvalue weighted by atomic mass is 10.3. The van der Waals surface area contributed by atoms with Crippen molar-refractivity contribution < 1.29 is 14.3 Å². The fraction of sp³-hybridized carbons (Fsp3) is 0.368. The number of carbonyl (C=O) groups excluding carboxylic acids is 2. The van der Waals surface area contributed by atoms with Gasteiger partial charge >= 0.3 is 12.1 Å². The number of methoxy groups -OCH3 is 1. The number of hydrogen-bond acceptors (Lipinski definition) is 7. The van der Waals surface area contributed by atoms with Crippen LogP contribution in [-0.2, 0) is 4.74 Å². The molecule has 154 valence electrons. The van der Waals surface area contributed by atoms with Crippen LogP contribution >= 0.6 is 0 Å². The van der Waals surface area contributed by atoms with Crippen molar-refractivity contribution in [3.05, 3.63) is 42.7 Å². The fourth-order valence-electron chi connectivity index (χ4n) is 2.93. The van der Waals surface area contributed by atoms with Crippen molar-refractivity contribution in [2.45, 2.75) is 0 Å². The molecule has 10 heteroatoms. The molecule has 0 saturated carbocycles. The Morgan fingerprint density at radius 3 is 2.24 bits per heavy atom. The summed E-state index contributed by atoms with van der Waals surface area (Å²) in [4.78, 5) is 36.2. The van der Waals surface area contributed by atoms with E-state index >= 15 is 0 Å². The molecule has 0 radical (unpaired) electrons. The van der Waals surface area contributed by atoms with Gasteiger partial charge in [-0.25, -0.2) is 19.6 Å². The lowest BCUT2D eigenvalue weighted by Gasteiger charge is -2.34. The summed E-state index contributed by atoms with van der Waals surface area (Å²) in [6, 6.07) is 8.32. The molecule has 1 fully saturated rings. The number of urea groups is 1. The number of piperazine rings is 1. The van der Waals surface area contributed by atoms with Crippen molar-refractivity contribution in [1.29, 1.82) is 0 Å². The van der Waals surface area contributed by atoms with E-state index in [1.54, 1.807) is 36.7 Å². The number of rotatable bonds is 6. The number of aromatic nitrogens is 2. The van der Waals surface area contributed by atoms with Gasteiger partial charge in [0.25, 0.3) is 0 Å². The maximum atomic E-state index is 12.0. The third-order valence-corrected chi connectivity index (χ3v) is 4.50. The second-order valence-electron chi connectivity index (χ2n) is 6.45. The maximum Gasteiger partial charge on any atom is 0.411 e. The minimum atomic E-state index is -0.541. The zero-order valence-electron chi connectivity index (χ0n) is 16.3. The Bertz CT molecular complexity index is 793. The molecule has 1 aliphatic rings. The average Bonchev–Trinajstić information content (AvgIpc) is 2.76. The number of carbonyl (C=O) groups is 2. The number of anilines is 3. The molecule has 29 heavy (non-hydrogen) atoms. The van der Waals surface area contributed by atoms with Gasteiger partial charge in [0, 0.05) is 63.0 Å². The highest BCUT2D eigenvalue weighted by molar-refractivity contribution is 5.90. The van der Waals surface area contributed by atoms with Crippen molar-refractivity contribution in [3.8, 4) is 0 Å². The summed E-state index contributed by atoms with van der Waals surface area (Å²) in [6.45, 7) is 4.85. The number of amides is 3. The smallest absolute Gasteiger partial charge is 0.411 e. The maximum absolute atomic E-state index is 12.0. The van der Waals surface area contributed by atoms with Gasteiger partial charge in [-0.05, 0) is 30.3 Å². The molecule has 3 rings (SSSR count). The topological polar surface area (TPSA) is 112 Å². The normalized spacial score (nSPS) is 14.2. The predicted octanol–water partition coefficient (Wildman–Crippen LogP) is 1.60. The van der Waals surface area contributed by atoms with Crippen LogP contribution in [0.3, 0.4) is 0 Å². The van der Waals surface area contributed by atoms with Crippen molar-refractivity contribution >= 4 is 29.4 Å². The molecule has 0 atom stereocenters. The van der Waals surface area contributed by atoms with Crippen LogP contribution in [0.15, 0.2) is 42.7 Å². The Morgan fingerprint density at radius 2 is 1.62 bits per heavy atom. The standard InChI is InChI=1S/C19H25N7O3/c1-29-19(28)24-16-5-3-15(4-6-16)23-18(27)22-9-10-25-11-13-26(14-12-25)17-20-7-2-8-21-17/h2-8H,9-14H2,1H3,(H,24,28)(H2,22,23,27). The Hall–Kier alpha value is -3.40. The van der Waals surface area contributed by atoms with Crippen molar-refractivity contribution in [1.82, 2.24) is 20.2 Å². The van der Waals surface area contributed by atoms with Crippen LogP contribution in [0, 0.1) is 0 Å². The first-order valence-corrected chi connectivity index (χ1v) is 9.38. The Morgan fingerprint density at radius 1 is 1.00 bits per heavy atom. The summed E-state index contributed by atoms with van der Waals surface area (Å²) < 4.78 is 4.53. The van der Waals surface area contributed by atoms with Gasteiger partial charge in [0.05, 0.1) is 7.11 Å². The Labute approximate surface area is 169 Å². The van der Waals surface area contributed by atoms with Crippen molar-refractivity contribution in [3.63, 3.8) is 0 Å². The second kappa shape index (κ2) is 10.2. The molecule has 3 amide bonds. The third-order valence-electron chi connectivity index (χ3n) is 4.50. The first kappa shape index (κ1) is 20.3. The number of hydrogen-bond donors (Lipinski definition) is 3. The number of benzene rings is 1. The van der Waals surface area contributed by atoms with E-state index in [1.807, 2.05) is 6.07 Å². The number of nitrogens with zero attached hydrogens (tertiary/aromatic N) is 4. The minimum absolute atomic E-state index is 0.269. The lowest BCUT2D eigenvalue weighted by Crippen LogP contribution is -2.49. The summed E-state index contributed by atoms with van der Waals surface area (Å²) in [5, 5.41) is 8.17. The summed E-state index contributed by atoms with van der Waals surface area (Å²) in [5.74, 6) is 0.762. The molecule has 2 aromatic rings. The van der Waals surface area contributed by atoms with E-state index in [9.17, 15) is 9.59 Å². The van der Waals surface area contributed by atoms with Gasteiger partial charge in [0.2, 0.25) is 5.95 Å². The second-order valence-corrected chi connectivity index (χ2v) is 6.45. The molecule has 0 unspecified atom stereocenters. The molecule has 1 aromatic carbocycles. The van der Waals surface area contributed by atoms with Crippen LogP contribution in [0.5, 0.6) is 0 Å².